The van der Waals surface area contributed by atoms with E-state index in [1.807, 2.05) is 19.1 Å². The maximum Gasteiger partial charge on any atom is 0.321 e. The molecule has 0 spiro atoms. The Morgan fingerprint density at radius 1 is 1.07 bits per heavy atom. The second kappa shape index (κ2) is 8.62. The molecule has 0 amide bonds. The Labute approximate surface area is 160 Å². The highest BCUT2D eigenvalue weighted by Gasteiger charge is 2.18. The van der Waals surface area contributed by atoms with E-state index in [1.165, 1.54) is 13.5 Å². The van der Waals surface area contributed by atoms with Gasteiger partial charge in [0.15, 0.2) is 5.82 Å². The smallest absolute Gasteiger partial charge is 0.321 e. The fourth-order valence-corrected chi connectivity index (χ4v) is 3.92. The molecule has 2 aromatic rings. The Hall–Kier alpha value is -2.26. The van der Waals surface area contributed by atoms with Gasteiger partial charge in [0.2, 0.25) is 16.0 Å². The highest BCUT2D eigenvalue weighted by molar-refractivity contribution is 7.89. The molecule has 0 saturated carbocycles. The second-order valence-corrected chi connectivity index (χ2v) is 8.18. The summed E-state index contributed by atoms with van der Waals surface area (Å²) in [5, 5.41) is 0. The van der Waals surface area contributed by atoms with Gasteiger partial charge in [-0.2, -0.15) is 15.0 Å². The van der Waals surface area contributed by atoms with Crippen LogP contribution in [0.15, 0.2) is 29.2 Å². The molecule has 1 aromatic carbocycles. The molecule has 0 bridgehead atoms. The summed E-state index contributed by atoms with van der Waals surface area (Å²) in [4.78, 5) is 15.2. The summed E-state index contributed by atoms with van der Waals surface area (Å²) < 4.78 is 32.8. The number of aromatic nitrogens is 3. The van der Waals surface area contributed by atoms with Gasteiger partial charge in [0.25, 0.3) is 0 Å². The standard InChI is InChI=1S/C18H25N5O3S/c1-3-14-7-9-15(10-8-14)27(24,25)19-13-16-20-17(22-18(21-16)26-2)23-11-5-4-6-12-23/h7-10,19H,3-6,11-13H2,1-2H3. The molecule has 2 heterocycles. The molecule has 8 nitrogen and oxygen atoms in total. The maximum absolute atomic E-state index is 12.5. The summed E-state index contributed by atoms with van der Waals surface area (Å²) >= 11 is 0. The van der Waals surface area contributed by atoms with E-state index in [4.69, 9.17) is 4.74 Å². The van der Waals surface area contributed by atoms with E-state index in [0.29, 0.717) is 11.8 Å². The monoisotopic (exact) mass is 391 g/mol. The first kappa shape index (κ1) is 19.5. The van der Waals surface area contributed by atoms with E-state index in [0.717, 1.165) is 37.9 Å². The lowest BCUT2D eigenvalue weighted by molar-refractivity contribution is 0.374. The molecule has 0 atom stereocenters. The SMILES string of the molecule is CCc1ccc(S(=O)(=O)NCc2nc(OC)nc(N3CCCCC3)n2)cc1. The number of hydrogen-bond acceptors (Lipinski definition) is 7. The molecule has 1 saturated heterocycles. The first-order valence-corrected chi connectivity index (χ1v) is 10.6. The Balaban J connectivity index is 1.75. The molecule has 1 fully saturated rings. The first-order chi connectivity index (χ1) is 13.0. The molecule has 9 heteroatoms. The highest BCUT2D eigenvalue weighted by Crippen LogP contribution is 2.18. The van der Waals surface area contributed by atoms with Gasteiger partial charge in [0, 0.05) is 13.1 Å². The lowest BCUT2D eigenvalue weighted by Crippen LogP contribution is -2.32. The van der Waals surface area contributed by atoms with Gasteiger partial charge in [0.05, 0.1) is 18.6 Å². The van der Waals surface area contributed by atoms with Crippen molar-refractivity contribution in [3.05, 3.63) is 35.7 Å². The predicted molar refractivity (Wildman–Crippen MR) is 102 cm³/mol. The quantitative estimate of drug-likeness (QED) is 0.770. The van der Waals surface area contributed by atoms with Crippen LogP contribution in [0.3, 0.4) is 0 Å². The average molecular weight is 391 g/mol. The van der Waals surface area contributed by atoms with Crippen LogP contribution in [0.25, 0.3) is 0 Å². The summed E-state index contributed by atoms with van der Waals surface area (Å²) in [5.74, 6) is 0.860. The van der Waals surface area contributed by atoms with Crippen molar-refractivity contribution in [2.75, 3.05) is 25.1 Å². The Bertz CT molecular complexity index is 865. The number of hydrogen-bond donors (Lipinski definition) is 1. The molecule has 1 aliphatic heterocycles. The molecule has 1 aliphatic rings. The van der Waals surface area contributed by atoms with Crippen molar-refractivity contribution in [2.45, 2.75) is 44.0 Å². The van der Waals surface area contributed by atoms with Gasteiger partial charge in [-0.15, -0.1) is 0 Å². The molecule has 27 heavy (non-hydrogen) atoms. The van der Waals surface area contributed by atoms with Crippen LogP contribution in [0, 0.1) is 0 Å². The zero-order chi connectivity index (χ0) is 19.3. The van der Waals surface area contributed by atoms with E-state index in [2.05, 4.69) is 24.6 Å². The Morgan fingerprint density at radius 2 is 1.78 bits per heavy atom. The molecule has 0 radical (unpaired) electrons. The van der Waals surface area contributed by atoms with Crippen LogP contribution in [0.4, 0.5) is 5.95 Å². The summed E-state index contributed by atoms with van der Waals surface area (Å²) in [7, 11) is -2.16. The van der Waals surface area contributed by atoms with E-state index >= 15 is 0 Å². The summed E-state index contributed by atoms with van der Waals surface area (Å²) in [6.45, 7) is 3.75. The van der Waals surface area contributed by atoms with Gasteiger partial charge < -0.3 is 9.64 Å². The van der Waals surface area contributed by atoms with Crippen LogP contribution in [0.5, 0.6) is 6.01 Å². The third-order valence-electron chi connectivity index (χ3n) is 4.53. The lowest BCUT2D eigenvalue weighted by Gasteiger charge is -2.26. The minimum atomic E-state index is -3.65. The third-order valence-corrected chi connectivity index (χ3v) is 5.95. The number of anilines is 1. The summed E-state index contributed by atoms with van der Waals surface area (Å²) in [6.07, 6.45) is 4.23. The van der Waals surface area contributed by atoms with Gasteiger partial charge in [-0.25, -0.2) is 13.1 Å². The van der Waals surface area contributed by atoms with E-state index < -0.39 is 10.0 Å². The third kappa shape index (κ3) is 4.92. The fourth-order valence-electron chi connectivity index (χ4n) is 2.94. The van der Waals surface area contributed by atoms with Gasteiger partial charge >= 0.3 is 6.01 Å². The zero-order valence-electron chi connectivity index (χ0n) is 15.7. The van der Waals surface area contributed by atoms with Gasteiger partial charge in [-0.05, 0) is 43.4 Å². The van der Waals surface area contributed by atoms with Gasteiger partial charge in [-0.3, -0.25) is 0 Å². The van der Waals surface area contributed by atoms with Crippen molar-refractivity contribution in [2.24, 2.45) is 0 Å². The van der Waals surface area contributed by atoms with E-state index in [1.54, 1.807) is 12.1 Å². The number of methoxy groups -OCH3 is 1. The van der Waals surface area contributed by atoms with Crippen LogP contribution in [0.1, 0.15) is 37.6 Å². The van der Waals surface area contributed by atoms with Crippen molar-refractivity contribution in [1.29, 1.82) is 0 Å². The minimum absolute atomic E-state index is 0.0302. The van der Waals surface area contributed by atoms with E-state index in [-0.39, 0.29) is 17.5 Å². The zero-order valence-corrected chi connectivity index (χ0v) is 16.5. The number of piperidine rings is 1. The topological polar surface area (TPSA) is 97.3 Å². The average Bonchev–Trinajstić information content (AvgIpc) is 2.72. The number of rotatable bonds is 7. The number of nitrogens with zero attached hydrogens (tertiary/aromatic N) is 4. The summed E-state index contributed by atoms with van der Waals surface area (Å²) in [5.41, 5.74) is 1.09. The first-order valence-electron chi connectivity index (χ1n) is 9.14. The van der Waals surface area contributed by atoms with Crippen LogP contribution in [-0.4, -0.2) is 43.6 Å². The summed E-state index contributed by atoms with van der Waals surface area (Å²) in [6, 6.07) is 7.03. The number of nitrogens with one attached hydrogen (secondary N) is 1. The fraction of sp³-hybridized carbons (Fsp3) is 0.500. The van der Waals surface area contributed by atoms with Gasteiger partial charge in [0.1, 0.15) is 0 Å². The number of benzene rings is 1. The Kier molecular flexibility index (Phi) is 6.22. The van der Waals surface area contributed by atoms with Crippen molar-refractivity contribution < 1.29 is 13.2 Å². The van der Waals surface area contributed by atoms with Gasteiger partial charge in [-0.1, -0.05) is 19.1 Å². The van der Waals surface area contributed by atoms with Crippen LogP contribution < -0.4 is 14.4 Å². The molecule has 0 unspecified atom stereocenters. The number of ether oxygens (including phenoxy) is 1. The molecular weight excluding hydrogens is 366 g/mol. The normalized spacial score (nSPS) is 15.0. The minimum Gasteiger partial charge on any atom is -0.467 e. The molecule has 146 valence electrons. The Morgan fingerprint density at radius 3 is 2.41 bits per heavy atom. The largest absolute Gasteiger partial charge is 0.467 e. The molecule has 0 aliphatic carbocycles. The predicted octanol–water partition coefficient (Wildman–Crippen LogP) is 1.91. The number of sulfonamides is 1. The van der Waals surface area contributed by atoms with Crippen molar-refractivity contribution >= 4 is 16.0 Å². The van der Waals surface area contributed by atoms with Crippen LogP contribution in [0.2, 0.25) is 0 Å². The van der Waals surface area contributed by atoms with Crippen molar-refractivity contribution in [1.82, 2.24) is 19.7 Å². The van der Waals surface area contributed by atoms with Crippen LogP contribution in [-0.2, 0) is 23.0 Å². The van der Waals surface area contributed by atoms with Crippen LogP contribution >= 0.6 is 0 Å². The lowest BCUT2D eigenvalue weighted by atomic mass is 10.1. The molecular formula is C18H25N5O3S. The molecule has 1 N–H and O–H groups in total. The molecule has 1 aromatic heterocycles. The molecule has 3 rings (SSSR count). The highest BCUT2D eigenvalue weighted by atomic mass is 32.2. The van der Waals surface area contributed by atoms with Crippen molar-refractivity contribution in [3.8, 4) is 6.01 Å². The second-order valence-electron chi connectivity index (χ2n) is 6.41. The number of aryl methyl sites for hydroxylation is 1. The van der Waals surface area contributed by atoms with E-state index in [9.17, 15) is 8.42 Å². The van der Waals surface area contributed by atoms with Crippen molar-refractivity contribution in [3.63, 3.8) is 0 Å². The maximum atomic E-state index is 12.5.